The van der Waals surface area contributed by atoms with Crippen molar-refractivity contribution in [2.24, 2.45) is 0 Å². The third kappa shape index (κ3) is 933. The molecule has 0 radical (unpaired) electrons. The number of hydrogen-bond donors (Lipinski definition) is 0. The largest absolute Gasteiger partial charge is 0.822 e. The summed E-state index contributed by atoms with van der Waals surface area (Å²) in [6, 6.07) is 0. The quantitative estimate of drug-likeness (QED) is 0.332. The summed E-state index contributed by atoms with van der Waals surface area (Å²) in [5.74, 6) is 0. The van der Waals surface area contributed by atoms with E-state index in [9.17, 15) is 0 Å². The van der Waals surface area contributed by atoms with Crippen molar-refractivity contribution in [3.05, 3.63) is 0 Å². The van der Waals surface area contributed by atoms with E-state index in [4.69, 9.17) is 23.9 Å². The maximum Gasteiger partial charge on any atom is -0.159 e. The highest BCUT2D eigenvalue weighted by Gasteiger charge is 1.44. The van der Waals surface area contributed by atoms with Crippen LogP contribution >= 0.6 is 19.7 Å². The van der Waals surface area contributed by atoms with E-state index in [0.717, 1.165) is 0 Å². The van der Waals surface area contributed by atoms with E-state index in [2.05, 4.69) is 11.9 Å². The molecule has 0 spiro atoms. The van der Waals surface area contributed by atoms with Crippen molar-refractivity contribution in [3.8, 4) is 0 Å². The second-order valence-electron chi connectivity index (χ2n) is 0.447. The molecule has 0 fully saturated rings. The molecule has 0 atom stereocenters. The SMILES string of the molecule is O=P([O-])([O-])[O-].[O-]Cl. The molecule has 46 valence electrons. The molecule has 0 unspecified atom stereocenters. The van der Waals surface area contributed by atoms with Gasteiger partial charge in [0.15, 0.2) is 0 Å². The fraction of sp³-hybridized carbons (Fsp3) is 0. The van der Waals surface area contributed by atoms with Crippen molar-refractivity contribution in [2.75, 3.05) is 0 Å². The number of rotatable bonds is 0. The minimum atomic E-state index is -5.39. The van der Waals surface area contributed by atoms with E-state index in [1.54, 1.807) is 0 Å². The summed E-state index contributed by atoms with van der Waals surface area (Å²) >= 11 is 3.39. The molecule has 0 aliphatic heterocycles. The van der Waals surface area contributed by atoms with Gasteiger partial charge < -0.3 is 23.9 Å². The van der Waals surface area contributed by atoms with Crippen LogP contribution in [-0.4, -0.2) is 0 Å². The summed E-state index contributed by atoms with van der Waals surface area (Å²) in [4.78, 5) is 25.6. The first kappa shape index (κ1) is 10.4. The van der Waals surface area contributed by atoms with Crippen LogP contribution in [0.2, 0.25) is 0 Å². The molecule has 0 aromatic heterocycles. The molecule has 7 heteroatoms. The van der Waals surface area contributed by atoms with E-state index in [-0.39, 0.29) is 0 Å². The maximum atomic E-state index is 8.55. The van der Waals surface area contributed by atoms with Crippen LogP contribution in [0.3, 0.4) is 0 Å². The molecule has 0 amide bonds. The minimum absolute atomic E-state index is 3.39. The Morgan fingerprint density at radius 2 is 1.14 bits per heavy atom. The summed E-state index contributed by atoms with van der Waals surface area (Å²) in [5.41, 5.74) is 0. The Bertz CT molecular complexity index is 54.2. The molecule has 0 bridgehead atoms. The molecule has 0 saturated carbocycles. The zero-order chi connectivity index (χ0) is 6.50. The smallest absolute Gasteiger partial charge is 0.159 e. The van der Waals surface area contributed by atoms with Crippen molar-refractivity contribution in [1.82, 2.24) is 0 Å². The number of hydrogen-bond acceptors (Lipinski definition) is 5. The second-order valence-corrected chi connectivity index (χ2v) is 1.34. The van der Waals surface area contributed by atoms with E-state index in [1.807, 2.05) is 0 Å². The fourth-order valence-electron chi connectivity index (χ4n) is 0. The fourth-order valence-corrected chi connectivity index (χ4v) is 0. The van der Waals surface area contributed by atoms with Crippen LogP contribution in [0.25, 0.3) is 0 Å². The maximum absolute atomic E-state index is 8.55. The van der Waals surface area contributed by atoms with Crippen LogP contribution in [0.4, 0.5) is 0 Å². The molecule has 0 aromatic carbocycles. The normalized spacial score (nSPS) is 9.29. The first-order valence-corrected chi connectivity index (χ1v) is 2.65. The van der Waals surface area contributed by atoms with Crippen LogP contribution in [0.5, 0.6) is 0 Å². The lowest BCUT2D eigenvalue weighted by Crippen LogP contribution is -2.24. The monoisotopic (exact) mass is 146 g/mol. The van der Waals surface area contributed by atoms with Gasteiger partial charge in [0.05, 0.1) is 0 Å². The van der Waals surface area contributed by atoms with E-state index in [1.165, 1.54) is 0 Å². The predicted molar refractivity (Wildman–Crippen MR) is 13.5 cm³/mol. The number of halogens is 1. The summed E-state index contributed by atoms with van der Waals surface area (Å²) in [7, 11) is -5.39. The third-order valence-corrected chi connectivity index (χ3v) is 0. The average molecular weight is 146 g/mol. The molecule has 0 aromatic rings. The molecule has 0 saturated heterocycles. The van der Waals surface area contributed by atoms with Gasteiger partial charge in [0.2, 0.25) is 0 Å². The molecular formula is ClO5P-4. The van der Waals surface area contributed by atoms with Gasteiger partial charge in [0.25, 0.3) is 0 Å². The van der Waals surface area contributed by atoms with E-state index >= 15 is 0 Å². The Hall–Kier alpha value is 0.360. The van der Waals surface area contributed by atoms with Gasteiger partial charge in [0, 0.05) is 0 Å². The summed E-state index contributed by atoms with van der Waals surface area (Å²) in [6.07, 6.45) is 0. The first-order chi connectivity index (χ1) is 3.00. The second kappa shape index (κ2) is 4.52. The molecule has 7 heavy (non-hydrogen) atoms. The van der Waals surface area contributed by atoms with Crippen LogP contribution in [-0.2, 0) is 4.57 Å². The lowest BCUT2D eigenvalue weighted by molar-refractivity contribution is -0.432. The van der Waals surface area contributed by atoms with Gasteiger partial charge in [-0.15, -0.1) is 0 Å². The topological polar surface area (TPSA) is 109 Å². The summed E-state index contributed by atoms with van der Waals surface area (Å²) < 4.78 is 16.3. The van der Waals surface area contributed by atoms with Crippen molar-refractivity contribution >= 4 is 19.7 Å². The average Bonchev–Trinajstić information content (AvgIpc) is 1.36. The highest BCUT2D eigenvalue weighted by atomic mass is 35.5. The molecule has 0 rings (SSSR count). The van der Waals surface area contributed by atoms with Gasteiger partial charge in [-0.3, -0.25) is 0 Å². The van der Waals surface area contributed by atoms with Gasteiger partial charge in [-0.2, -0.15) is 7.82 Å². The van der Waals surface area contributed by atoms with Gasteiger partial charge in [-0.1, -0.05) is 0 Å². The first-order valence-electron chi connectivity index (χ1n) is 0.885. The zero-order valence-electron chi connectivity index (χ0n) is 2.87. The molecule has 5 nitrogen and oxygen atoms in total. The highest BCUT2D eigenvalue weighted by molar-refractivity contribution is 7.40. The Kier molecular flexibility index (Phi) is 6.69. The summed E-state index contributed by atoms with van der Waals surface area (Å²) in [5, 5.41) is 0. The van der Waals surface area contributed by atoms with Crippen LogP contribution in [0, 0.1) is 0 Å². The standard InChI is InChI=1S/ClO.H3O4P/c1-2;1-5(2,3)4/h;(H3,1,2,3,4)/q-1;/p-3. The molecular weight excluding hydrogens is 146 g/mol. The van der Waals surface area contributed by atoms with Crippen LogP contribution in [0.15, 0.2) is 0 Å². The van der Waals surface area contributed by atoms with Crippen molar-refractivity contribution in [2.45, 2.75) is 0 Å². The van der Waals surface area contributed by atoms with Gasteiger partial charge in [0.1, 0.15) is 0 Å². The van der Waals surface area contributed by atoms with Crippen molar-refractivity contribution in [3.63, 3.8) is 0 Å². The lowest BCUT2D eigenvalue weighted by Gasteiger charge is -2.36. The molecule has 0 aliphatic rings. The highest BCUT2D eigenvalue weighted by Crippen LogP contribution is 2.03. The third-order valence-electron chi connectivity index (χ3n) is 0. The predicted octanol–water partition coefficient (Wildman–Crippen LogP) is -3.32. The van der Waals surface area contributed by atoms with Gasteiger partial charge in [-0.05, 0) is 0 Å². The van der Waals surface area contributed by atoms with Crippen molar-refractivity contribution < 1.29 is 23.9 Å². The Labute approximate surface area is 44.6 Å². The van der Waals surface area contributed by atoms with Crippen LogP contribution in [0.1, 0.15) is 0 Å². The minimum Gasteiger partial charge on any atom is -0.822 e. The molecule has 0 aliphatic carbocycles. The van der Waals surface area contributed by atoms with E-state index < -0.39 is 7.82 Å². The van der Waals surface area contributed by atoms with Gasteiger partial charge >= 0.3 is 0 Å². The Balaban J connectivity index is 0. The lowest BCUT2D eigenvalue weighted by atomic mass is 15.8. The van der Waals surface area contributed by atoms with Crippen molar-refractivity contribution in [1.29, 1.82) is 0 Å². The van der Waals surface area contributed by atoms with Crippen LogP contribution < -0.4 is 19.3 Å². The Morgan fingerprint density at radius 1 is 1.14 bits per heavy atom. The molecule has 0 N–H and O–H groups in total. The summed E-state index contributed by atoms with van der Waals surface area (Å²) in [6.45, 7) is 0. The Morgan fingerprint density at radius 3 is 1.14 bits per heavy atom. The van der Waals surface area contributed by atoms with E-state index in [0.29, 0.717) is 0 Å². The number of phosphoric acid groups is 1. The zero-order valence-corrected chi connectivity index (χ0v) is 4.52. The molecule has 0 heterocycles. The van der Waals surface area contributed by atoms with Gasteiger partial charge in [-0.25, -0.2) is 11.9 Å².